The molecule has 0 atom stereocenters. The fourth-order valence-corrected chi connectivity index (χ4v) is 0.777. The van der Waals surface area contributed by atoms with Crippen LogP contribution in [0, 0.1) is 0 Å². The smallest absolute Gasteiger partial charge is 0.545 e. The van der Waals surface area contributed by atoms with Crippen LogP contribution in [0.2, 0.25) is 5.15 Å². The molecular weight excluding hydrogens is 174 g/mol. The number of halogens is 1. The number of pyridine rings is 1. The number of carbonyl (C=O) groups excluding carboxylic acids is 1. The van der Waals surface area contributed by atoms with Gasteiger partial charge in [0, 0.05) is 5.56 Å². The van der Waals surface area contributed by atoms with Crippen LogP contribution in [-0.4, -0.2) is 11.0 Å². The van der Waals surface area contributed by atoms with E-state index in [9.17, 15) is 9.90 Å². The van der Waals surface area contributed by atoms with Crippen LogP contribution in [0.5, 0.6) is 0 Å². The minimum absolute atomic E-state index is 0. The van der Waals surface area contributed by atoms with Crippen LogP contribution in [0.3, 0.4) is 0 Å². The van der Waals surface area contributed by atoms with Gasteiger partial charge in [-0.3, -0.25) is 0 Å². The number of carbonyl (C=O) groups is 1. The van der Waals surface area contributed by atoms with Crippen LogP contribution >= 0.6 is 11.6 Å². The number of nitrogen functional groups attached to an aromatic ring is 1. The monoisotopic (exact) mass is 178 g/mol. The first-order valence-corrected chi connectivity index (χ1v) is 3.12. The van der Waals surface area contributed by atoms with E-state index in [4.69, 9.17) is 17.3 Å². The summed E-state index contributed by atoms with van der Waals surface area (Å²) in [6.45, 7) is 0. The zero-order valence-corrected chi connectivity index (χ0v) is 7.13. The first-order chi connectivity index (χ1) is 5.11. The van der Waals surface area contributed by atoms with Crippen LogP contribution in [0.4, 0.5) is 5.82 Å². The number of hydrogen-bond donors (Lipinski definition) is 1. The molecule has 2 N–H and O–H groups in total. The number of aromatic nitrogens is 1. The molecule has 0 spiro atoms. The van der Waals surface area contributed by atoms with Crippen molar-refractivity contribution in [2.45, 2.75) is 0 Å². The van der Waals surface area contributed by atoms with Crippen molar-refractivity contribution in [3.05, 3.63) is 22.8 Å². The Morgan fingerprint density at radius 1 is 1.58 bits per heavy atom. The molecule has 6 heteroatoms. The predicted octanol–water partition coefficient (Wildman–Crippen LogP) is -3.32. The fourth-order valence-electron chi connectivity index (χ4n) is 0.623. The van der Waals surface area contributed by atoms with Crippen molar-refractivity contribution in [1.82, 2.24) is 4.98 Å². The van der Waals surface area contributed by atoms with Crippen molar-refractivity contribution in [2.24, 2.45) is 0 Å². The molecule has 0 aliphatic rings. The summed E-state index contributed by atoms with van der Waals surface area (Å²) in [5, 5.41) is 10.4. The summed E-state index contributed by atoms with van der Waals surface area (Å²) in [4.78, 5) is 13.8. The normalized spacial score (nSPS) is 8.75. The van der Waals surface area contributed by atoms with Gasteiger partial charge in [-0.25, -0.2) is 4.98 Å². The Morgan fingerprint density at radius 2 is 2.17 bits per heavy atom. The standard InChI is InChI=1S/C6H5ClN2O2.Li/c7-4-2-1-3(6(10)11)5(8)9-4;/h1-2H,(H2,8,9)(H,10,11);/q;+1/p-1. The van der Waals surface area contributed by atoms with Gasteiger partial charge in [-0.05, 0) is 12.1 Å². The molecule has 0 bridgehead atoms. The Balaban J connectivity index is 0.00000121. The molecule has 0 amide bonds. The van der Waals surface area contributed by atoms with Crippen molar-refractivity contribution in [1.29, 1.82) is 0 Å². The molecule has 1 rings (SSSR count). The second-order valence-corrected chi connectivity index (χ2v) is 2.24. The fraction of sp³-hybridized carbons (Fsp3) is 0. The Kier molecular flexibility index (Phi) is 4.11. The molecule has 1 aromatic rings. The van der Waals surface area contributed by atoms with Gasteiger partial charge in [0.05, 0.1) is 5.97 Å². The van der Waals surface area contributed by atoms with Gasteiger partial charge < -0.3 is 15.6 Å². The molecule has 0 radical (unpaired) electrons. The van der Waals surface area contributed by atoms with Gasteiger partial charge >= 0.3 is 18.9 Å². The van der Waals surface area contributed by atoms with E-state index in [2.05, 4.69) is 4.98 Å². The van der Waals surface area contributed by atoms with Gasteiger partial charge in [-0.2, -0.15) is 0 Å². The van der Waals surface area contributed by atoms with E-state index in [1.807, 2.05) is 0 Å². The first-order valence-electron chi connectivity index (χ1n) is 2.74. The zero-order chi connectivity index (χ0) is 8.43. The maximum Gasteiger partial charge on any atom is 1.00 e. The molecule has 0 unspecified atom stereocenters. The Labute approximate surface area is 85.9 Å². The topological polar surface area (TPSA) is 79.0 Å². The summed E-state index contributed by atoms with van der Waals surface area (Å²) in [7, 11) is 0. The summed E-state index contributed by atoms with van der Waals surface area (Å²) in [6, 6.07) is 2.59. The molecule has 1 heterocycles. The average molecular weight is 179 g/mol. The van der Waals surface area contributed by atoms with Crippen LogP contribution in [-0.2, 0) is 0 Å². The Morgan fingerprint density at radius 3 is 2.58 bits per heavy atom. The van der Waals surface area contributed by atoms with Gasteiger partial charge in [-0.15, -0.1) is 0 Å². The summed E-state index contributed by atoms with van der Waals surface area (Å²) < 4.78 is 0. The van der Waals surface area contributed by atoms with Gasteiger partial charge in [0.25, 0.3) is 0 Å². The third-order valence-corrected chi connectivity index (χ3v) is 1.32. The number of nitrogens with zero attached hydrogens (tertiary/aromatic N) is 1. The molecule has 12 heavy (non-hydrogen) atoms. The van der Waals surface area contributed by atoms with Crippen LogP contribution < -0.4 is 29.7 Å². The molecule has 0 fully saturated rings. The van der Waals surface area contributed by atoms with E-state index in [-0.39, 0.29) is 35.4 Å². The van der Waals surface area contributed by atoms with Crippen LogP contribution in [0.1, 0.15) is 10.4 Å². The van der Waals surface area contributed by atoms with Gasteiger partial charge in [0.2, 0.25) is 0 Å². The third kappa shape index (κ3) is 2.42. The average Bonchev–Trinajstić information content (AvgIpc) is 1.85. The summed E-state index contributed by atoms with van der Waals surface area (Å²) in [5.41, 5.74) is 5.06. The maximum absolute atomic E-state index is 10.3. The minimum atomic E-state index is -1.35. The number of anilines is 1. The maximum atomic E-state index is 10.3. The van der Waals surface area contributed by atoms with E-state index < -0.39 is 5.97 Å². The molecule has 0 aliphatic carbocycles. The van der Waals surface area contributed by atoms with Gasteiger partial charge in [0.15, 0.2) is 0 Å². The number of aromatic carboxylic acids is 1. The van der Waals surface area contributed by atoms with Crippen molar-refractivity contribution in [3.63, 3.8) is 0 Å². The number of carboxylic acids is 1. The molecule has 0 aliphatic heterocycles. The van der Waals surface area contributed by atoms with Gasteiger partial charge in [0.1, 0.15) is 11.0 Å². The van der Waals surface area contributed by atoms with Crippen LogP contribution in [0.25, 0.3) is 0 Å². The van der Waals surface area contributed by atoms with Crippen molar-refractivity contribution in [3.8, 4) is 0 Å². The van der Waals surface area contributed by atoms with Crippen molar-refractivity contribution < 1.29 is 28.8 Å². The van der Waals surface area contributed by atoms with E-state index in [0.717, 1.165) is 0 Å². The molecule has 0 saturated carbocycles. The molecule has 58 valence electrons. The first kappa shape index (κ1) is 11.3. The molecule has 0 aromatic carbocycles. The van der Waals surface area contributed by atoms with Crippen molar-refractivity contribution in [2.75, 3.05) is 5.73 Å². The largest absolute Gasteiger partial charge is 1.00 e. The number of carboxylic acid groups (broad SMARTS) is 1. The van der Waals surface area contributed by atoms with Crippen molar-refractivity contribution >= 4 is 23.4 Å². The Hall–Kier alpha value is -0.693. The number of nitrogens with two attached hydrogens (primary N) is 1. The molecular formula is C6H4ClLiN2O2. The predicted molar refractivity (Wildman–Crippen MR) is 38.0 cm³/mol. The third-order valence-electron chi connectivity index (χ3n) is 1.11. The number of hydrogen-bond acceptors (Lipinski definition) is 4. The van der Waals surface area contributed by atoms with E-state index in [0.29, 0.717) is 0 Å². The van der Waals surface area contributed by atoms with E-state index in [1.165, 1.54) is 12.1 Å². The molecule has 4 nitrogen and oxygen atoms in total. The minimum Gasteiger partial charge on any atom is -0.545 e. The van der Waals surface area contributed by atoms with Crippen LogP contribution in [0.15, 0.2) is 12.1 Å². The van der Waals surface area contributed by atoms with Gasteiger partial charge in [-0.1, -0.05) is 11.6 Å². The number of rotatable bonds is 1. The second-order valence-electron chi connectivity index (χ2n) is 1.85. The SMILES string of the molecule is Nc1nc(Cl)ccc1C(=O)[O-].[Li+]. The zero-order valence-electron chi connectivity index (χ0n) is 6.37. The Bertz CT molecular complexity index is 306. The van der Waals surface area contributed by atoms with E-state index >= 15 is 0 Å². The molecule has 1 aromatic heterocycles. The quantitative estimate of drug-likeness (QED) is 0.361. The molecule has 0 saturated heterocycles. The second kappa shape index (κ2) is 4.36. The summed E-state index contributed by atoms with van der Waals surface area (Å²) in [6.07, 6.45) is 0. The summed E-state index contributed by atoms with van der Waals surface area (Å²) in [5.74, 6) is -1.48. The summed E-state index contributed by atoms with van der Waals surface area (Å²) >= 11 is 5.42. The van der Waals surface area contributed by atoms with E-state index in [1.54, 1.807) is 0 Å².